The Balaban J connectivity index is 1.88. The minimum absolute atomic E-state index is 0.0493. The van der Waals surface area contributed by atoms with Crippen LogP contribution >= 0.6 is 0 Å². The maximum Gasteiger partial charge on any atom is 0.252 e. The first-order valence-electron chi connectivity index (χ1n) is 7.50. The van der Waals surface area contributed by atoms with Gasteiger partial charge in [-0.25, -0.2) is 0 Å². The van der Waals surface area contributed by atoms with E-state index < -0.39 is 0 Å². The van der Waals surface area contributed by atoms with E-state index in [1.807, 2.05) is 48.6 Å². The summed E-state index contributed by atoms with van der Waals surface area (Å²) in [6.07, 6.45) is 11.6. The second-order valence-corrected chi connectivity index (χ2v) is 6.67. The average Bonchev–Trinajstić information content (AvgIpc) is 3.07. The van der Waals surface area contributed by atoms with Crippen LogP contribution in [0.2, 0.25) is 0 Å². The van der Waals surface area contributed by atoms with E-state index in [-0.39, 0.29) is 17.4 Å². The lowest BCUT2D eigenvalue weighted by molar-refractivity contribution is -0.118. The molecule has 0 bridgehead atoms. The van der Waals surface area contributed by atoms with Crippen molar-refractivity contribution >= 4 is 5.91 Å². The largest absolute Gasteiger partial charge is 0.343 e. The van der Waals surface area contributed by atoms with E-state index in [9.17, 15) is 4.79 Å². The number of hydrogen-bond donors (Lipinski definition) is 1. The number of carbonyl (C=O) groups excluding carboxylic acids is 1. The molecule has 1 aromatic rings. The third-order valence-electron chi connectivity index (χ3n) is 3.94. The van der Waals surface area contributed by atoms with Crippen LogP contribution in [-0.4, -0.2) is 10.9 Å². The smallest absolute Gasteiger partial charge is 0.252 e. The maximum atomic E-state index is 12.7. The molecule has 3 nitrogen and oxygen atoms in total. The number of nitrogens with one attached hydrogen (secondary N) is 1. The molecule has 1 atom stereocenters. The van der Waals surface area contributed by atoms with E-state index in [2.05, 4.69) is 31.1 Å². The van der Waals surface area contributed by atoms with Crippen molar-refractivity contribution in [1.82, 2.24) is 10.3 Å². The van der Waals surface area contributed by atoms with Gasteiger partial charge in [0.1, 0.15) is 0 Å². The van der Waals surface area contributed by atoms with Crippen molar-refractivity contribution in [2.45, 2.75) is 26.8 Å². The van der Waals surface area contributed by atoms with E-state index >= 15 is 0 Å². The second kappa shape index (κ2) is 5.41. The van der Waals surface area contributed by atoms with Gasteiger partial charge in [0.05, 0.1) is 11.7 Å². The fourth-order valence-electron chi connectivity index (χ4n) is 2.78. The summed E-state index contributed by atoms with van der Waals surface area (Å²) in [6, 6.07) is 5.65. The molecule has 3 heteroatoms. The van der Waals surface area contributed by atoms with Crippen molar-refractivity contribution in [2.75, 3.05) is 0 Å². The summed E-state index contributed by atoms with van der Waals surface area (Å²) in [7, 11) is 0. The topological polar surface area (TPSA) is 42.0 Å². The molecule has 1 heterocycles. The minimum atomic E-state index is -0.138. The SMILES string of the molecule is CC(C)(C)C(NC(=O)C1=C2C=CC=C2C=C1)c1ccccn1. The summed E-state index contributed by atoms with van der Waals surface area (Å²) >= 11 is 0. The Labute approximate surface area is 131 Å². The normalized spacial score (nSPS) is 17.5. The van der Waals surface area contributed by atoms with E-state index in [0.29, 0.717) is 0 Å². The summed E-state index contributed by atoms with van der Waals surface area (Å²) in [5.41, 5.74) is 3.60. The van der Waals surface area contributed by atoms with E-state index in [0.717, 1.165) is 22.4 Å². The minimum Gasteiger partial charge on any atom is -0.343 e. The Hall–Kier alpha value is -2.42. The zero-order chi connectivity index (χ0) is 15.7. The van der Waals surface area contributed by atoms with Gasteiger partial charge >= 0.3 is 0 Å². The van der Waals surface area contributed by atoms with Gasteiger partial charge in [-0.1, -0.05) is 51.1 Å². The standard InChI is InChI=1S/C19H20N2O/c1-19(2,3)17(16-9-4-5-12-20-16)21-18(22)15-11-10-13-7-6-8-14(13)15/h4-12,17H,1-3H3,(H,21,22). The Morgan fingerprint density at radius 2 is 2.00 bits per heavy atom. The van der Waals surface area contributed by atoms with Gasteiger partial charge < -0.3 is 5.32 Å². The number of nitrogens with zero attached hydrogens (tertiary/aromatic N) is 1. The Morgan fingerprint density at radius 3 is 2.68 bits per heavy atom. The van der Waals surface area contributed by atoms with Crippen molar-refractivity contribution in [2.24, 2.45) is 5.41 Å². The summed E-state index contributed by atoms with van der Waals surface area (Å²) in [5.74, 6) is -0.0493. The van der Waals surface area contributed by atoms with Gasteiger partial charge in [0.15, 0.2) is 0 Å². The van der Waals surface area contributed by atoms with Gasteiger partial charge in [-0.3, -0.25) is 9.78 Å². The summed E-state index contributed by atoms with van der Waals surface area (Å²) in [5, 5.41) is 3.16. The van der Waals surface area contributed by atoms with Crippen LogP contribution in [0.4, 0.5) is 0 Å². The Bertz CT molecular complexity index is 716. The van der Waals surface area contributed by atoms with Crippen LogP contribution in [0.5, 0.6) is 0 Å². The first-order valence-corrected chi connectivity index (χ1v) is 7.50. The molecule has 3 rings (SSSR count). The van der Waals surface area contributed by atoms with E-state index in [1.165, 1.54) is 0 Å². The molecule has 1 unspecified atom stereocenters. The highest BCUT2D eigenvalue weighted by molar-refractivity contribution is 6.00. The molecule has 1 N–H and O–H groups in total. The van der Waals surface area contributed by atoms with Crippen LogP contribution in [0.1, 0.15) is 32.5 Å². The molecular formula is C19H20N2O. The molecule has 0 aliphatic heterocycles. The van der Waals surface area contributed by atoms with Gasteiger partial charge in [0.2, 0.25) is 0 Å². The number of allylic oxidation sites excluding steroid dienone is 6. The number of pyridine rings is 1. The van der Waals surface area contributed by atoms with Gasteiger partial charge in [0, 0.05) is 11.8 Å². The van der Waals surface area contributed by atoms with E-state index in [1.54, 1.807) is 6.20 Å². The molecule has 0 saturated heterocycles. The van der Waals surface area contributed by atoms with Crippen LogP contribution in [0, 0.1) is 5.41 Å². The number of aromatic nitrogens is 1. The van der Waals surface area contributed by atoms with Gasteiger partial charge in [-0.2, -0.15) is 0 Å². The van der Waals surface area contributed by atoms with Crippen LogP contribution in [-0.2, 0) is 4.79 Å². The van der Waals surface area contributed by atoms with E-state index in [4.69, 9.17) is 0 Å². The molecule has 2 aliphatic rings. The van der Waals surface area contributed by atoms with Crippen molar-refractivity contribution in [3.63, 3.8) is 0 Å². The summed E-state index contributed by atoms with van der Waals surface area (Å²) < 4.78 is 0. The molecule has 1 aromatic heterocycles. The number of carbonyl (C=O) groups is 1. The van der Waals surface area contributed by atoms with Crippen molar-refractivity contribution in [1.29, 1.82) is 0 Å². The third-order valence-corrected chi connectivity index (χ3v) is 3.94. The molecule has 0 aromatic carbocycles. The predicted molar refractivity (Wildman–Crippen MR) is 88.0 cm³/mol. The molecular weight excluding hydrogens is 272 g/mol. The van der Waals surface area contributed by atoms with Crippen LogP contribution in [0.3, 0.4) is 0 Å². The van der Waals surface area contributed by atoms with Crippen LogP contribution in [0.15, 0.2) is 71.5 Å². The molecule has 0 saturated carbocycles. The lowest BCUT2D eigenvalue weighted by Gasteiger charge is -2.31. The lowest BCUT2D eigenvalue weighted by atomic mass is 9.84. The third kappa shape index (κ3) is 2.67. The van der Waals surface area contributed by atoms with Crippen molar-refractivity contribution in [3.8, 4) is 0 Å². The molecule has 0 spiro atoms. The number of hydrogen-bond acceptors (Lipinski definition) is 2. The molecule has 0 fully saturated rings. The Morgan fingerprint density at radius 1 is 1.18 bits per heavy atom. The molecule has 1 amide bonds. The van der Waals surface area contributed by atoms with Crippen LogP contribution < -0.4 is 5.32 Å². The molecule has 22 heavy (non-hydrogen) atoms. The zero-order valence-electron chi connectivity index (χ0n) is 13.1. The first kappa shape index (κ1) is 14.5. The average molecular weight is 292 g/mol. The monoisotopic (exact) mass is 292 g/mol. The van der Waals surface area contributed by atoms with Gasteiger partial charge in [-0.05, 0) is 34.8 Å². The molecule has 112 valence electrons. The second-order valence-electron chi connectivity index (χ2n) is 6.67. The van der Waals surface area contributed by atoms with Crippen LogP contribution in [0.25, 0.3) is 0 Å². The van der Waals surface area contributed by atoms with Gasteiger partial charge in [-0.15, -0.1) is 0 Å². The summed E-state index contributed by atoms with van der Waals surface area (Å²) in [6.45, 7) is 6.32. The fraction of sp³-hybridized carbons (Fsp3) is 0.263. The summed E-state index contributed by atoms with van der Waals surface area (Å²) in [4.78, 5) is 17.1. The van der Waals surface area contributed by atoms with Crippen molar-refractivity contribution < 1.29 is 4.79 Å². The fourth-order valence-corrected chi connectivity index (χ4v) is 2.78. The Kier molecular flexibility index (Phi) is 3.57. The maximum absolute atomic E-state index is 12.7. The molecule has 0 radical (unpaired) electrons. The van der Waals surface area contributed by atoms with Gasteiger partial charge in [0.25, 0.3) is 5.91 Å². The number of amides is 1. The lowest BCUT2D eigenvalue weighted by Crippen LogP contribution is -2.37. The van der Waals surface area contributed by atoms with Crippen molar-refractivity contribution in [3.05, 3.63) is 77.2 Å². The quantitative estimate of drug-likeness (QED) is 0.924. The number of fused-ring (bicyclic) bond motifs is 1. The zero-order valence-corrected chi connectivity index (χ0v) is 13.1. The highest BCUT2D eigenvalue weighted by Crippen LogP contribution is 2.34. The molecule has 2 aliphatic carbocycles. The predicted octanol–water partition coefficient (Wildman–Crippen LogP) is 3.65. The highest BCUT2D eigenvalue weighted by atomic mass is 16.1. The first-order chi connectivity index (χ1) is 10.5. The number of rotatable bonds is 3. The highest BCUT2D eigenvalue weighted by Gasteiger charge is 2.30.